The van der Waals surface area contributed by atoms with Gasteiger partial charge in [0, 0.05) is 12.2 Å². The predicted octanol–water partition coefficient (Wildman–Crippen LogP) is -0.548. The SMILES string of the molecule is Cc1cc(N)cc(S(=O)(=O)N2CCOCC2C(N)=O)c1. The first-order valence-corrected chi connectivity index (χ1v) is 7.52. The molecule has 0 spiro atoms. The molecule has 1 amide bonds. The Kier molecular flexibility index (Phi) is 3.98. The fourth-order valence-electron chi connectivity index (χ4n) is 2.16. The van der Waals surface area contributed by atoms with Gasteiger partial charge >= 0.3 is 0 Å². The summed E-state index contributed by atoms with van der Waals surface area (Å²) < 4.78 is 31.4. The number of nitrogen functional groups attached to an aromatic ring is 1. The number of anilines is 1. The zero-order chi connectivity index (χ0) is 14.9. The number of sulfonamides is 1. The first-order valence-electron chi connectivity index (χ1n) is 6.08. The van der Waals surface area contributed by atoms with Crippen LogP contribution in [0.5, 0.6) is 0 Å². The lowest BCUT2D eigenvalue weighted by Gasteiger charge is -2.32. The first-order chi connectivity index (χ1) is 9.32. The van der Waals surface area contributed by atoms with Crippen LogP contribution in [-0.4, -0.2) is 44.4 Å². The number of hydrogen-bond donors (Lipinski definition) is 2. The lowest BCUT2D eigenvalue weighted by Crippen LogP contribution is -2.54. The first kappa shape index (κ1) is 14.8. The number of hydrogen-bond acceptors (Lipinski definition) is 5. The molecule has 110 valence electrons. The molecule has 20 heavy (non-hydrogen) atoms. The van der Waals surface area contributed by atoms with E-state index in [1.807, 2.05) is 0 Å². The van der Waals surface area contributed by atoms with Gasteiger partial charge in [-0.25, -0.2) is 8.42 Å². The summed E-state index contributed by atoms with van der Waals surface area (Å²) in [6.45, 7) is 2.03. The van der Waals surface area contributed by atoms with Gasteiger partial charge in [-0.3, -0.25) is 4.79 Å². The molecule has 1 aromatic carbocycles. The van der Waals surface area contributed by atoms with Crippen molar-refractivity contribution in [1.82, 2.24) is 4.31 Å². The Morgan fingerprint density at radius 3 is 2.70 bits per heavy atom. The predicted molar refractivity (Wildman–Crippen MR) is 73.3 cm³/mol. The van der Waals surface area contributed by atoms with E-state index in [-0.39, 0.29) is 24.7 Å². The van der Waals surface area contributed by atoms with Gasteiger partial charge in [0.25, 0.3) is 0 Å². The third-order valence-corrected chi connectivity index (χ3v) is 4.97. The summed E-state index contributed by atoms with van der Waals surface area (Å²) in [5.74, 6) is -0.728. The second-order valence-electron chi connectivity index (χ2n) is 4.69. The normalized spacial score (nSPS) is 20.8. The number of benzene rings is 1. The standard InChI is InChI=1S/C12H17N3O4S/c1-8-4-9(13)6-10(5-8)20(17,18)15-2-3-19-7-11(15)12(14)16/h4-6,11H,2-3,7,13H2,1H3,(H2,14,16). The van der Waals surface area contributed by atoms with E-state index in [1.165, 1.54) is 12.1 Å². The molecule has 0 aromatic heterocycles. The second kappa shape index (κ2) is 5.39. The Balaban J connectivity index is 2.44. The van der Waals surface area contributed by atoms with Gasteiger partial charge in [-0.1, -0.05) is 0 Å². The van der Waals surface area contributed by atoms with Gasteiger partial charge in [0.1, 0.15) is 6.04 Å². The van der Waals surface area contributed by atoms with E-state index in [1.54, 1.807) is 13.0 Å². The highest BCUT2D eigenvalue weighted by atomic mass is 32.2. The number of nitrogens with two attached hydrogens (primary N) is 2. The fraction of sp³-hybridized carbons (Fsp3) is 0.417. The minimum Gasteiger partial charge on any atom is -0.399 e. The van der Waals surface area contributed by atoms with Gasteiger partial charge in [0.2, 0.25) is 15.9 Å². The highest BCUT2D eigenvalue weighted by Crippen LogP contribution is 2.23. The second-order valence-corrected chi connectivity index (χ2v) is 6.58. The fourth-order valence-corrected chi connectivity index (χ4v) is 3.87. The van der Waals surface area contributed by atoms with E-state index in [0.717, 1.165) is 9.87 Å². The van der Waals surface area contributed by atoms with Crippen LogP contribution < -0.4 is 11.5 Å². The Labute approximate surface area is 117 Å². The molecule has 0 bridgehead atoms. The van der Waals surface area contributed by atoms with Crippen LogP contribution in [-0.2, 0) is 19.6 Å². The summed E-state index contributed by atoms with van der Waals surface area (Å²) in [4.78, 5) is 11.4. The molecule has 1 saturated heterocycles. The van der Waals surface area contributed by atoms with Crippen LogP contribution in [0.1, 0.15) is 5.56 Å². The van der Waals surface area contributed by atoms with Crippen molar-refractivity contribution in [3.8, 4) is 0 Å². The number of rotatable bonds is 3. The van der Waals surface area contributed by atoms with E-state index in [4.69, 9.17) is 16.2 Å². The zero-order valence-corrected chi connectivity index (χ0v) is 11.9. The summed E-state index contributed by atoms with van der Waals surface area (Å²) in [5.41, 5.74) is 12.0. The molecule has 0 saturated carbocycles. The number of aryl methyl sites for hydroxylation is 1. The number of primary amides is 1. The molecule has 4 N–H and O–H groups in total. The average molecular weight is 299 g/mol. The van der Waals surface area contributed by atoms with Crippen molar-refractivity contribution in [2.45, 2.75) is 17.9 Å². The van der Waals surface area contributed by atoms with Gasteiger partial charge in [0.15, 0.2) is 0 Å². The molecule has 1 aromatic rings. The molecule has 1 fully saturated rings. The molecule has 1 aliphatic rings. The van der Waals surface area contributed by atoms with Crippen LogP contribution >= 0.6 is 0 Å². The van der Waals surface area contributed by atoms with Crippen LogP contribution in [0.25, 0.3) is 0 Å². The van der Waals surface area contributed by atoms with E-state index >= 15 is 0 Å². The average Bonchev–Trinajstić information content (AvgIpc) is 2.37. The zero-order valence-electron chi connectivity index (χ0n) is 11.1. The van der Waals surface area contributed by atoms with E-state index in [0.29, 0.717) is 5.69 Å². The van der Waals surface area contributed by atoms with Crippen molar-refractivity contribution in [2.24, 2.45) is 5.73 Å². The minimum atomic E-state index is -3.83. The monoisotopic (exact) mass is 299 g/mol. The van der Waals surface area contributed by atoms with Crippen LogP contribution in [0.4, 0.5) is 5.69 Å². The molecule has 1 heterocycles. The Hall–Kier alpha value is -1.64. The smallest absolute Gasteiger partial charge is 0.244 e. The summed E-state index contributed by atoms with van der Waals surface area (Å²) in [5, 5.41) is 0. The number of carbonyl (C=O) groups excluding carboxylic acids is 1. The molecule has 0 aliphatic carbocycles. The topological polar surface area (TPSA) is 116 Å². The van der Waals surface area contributed by atoms with Crippen LogP contribution in [0, 0.1) is 6.92 Å². The van der Waals surface area contributed by atoms with Gasteiger partial charge in [-0.05, 0) is 30.7 Å². The lowest BCUT2D eigenvalue weighted by molar-refractivity contribution is -0.125. The molecule has 0 radical (unpaired) electrons. The highest BCUT2D eigenvalue weighted by molar-refractivity contribution is 7.89. The molecule has 1 unspecified atom stereocenters. The summed E-state index contributed by atoms with van der Waals surface area (Å²) in [6, 6.07) is 3.56. The van der Waals surface area contributed by atoms with Gasteiger partial charge in [-0.2, -0.15) is 4.31 Å². The largest absolute Gasteiger partial charge is 0.399 e. The Morgan fingerprint density at radius 2 is 2.10 bits per heavy atom. The van der Waals surface area contributed by atoms with Gasteiger partial charge in [0.05, 0.1) is 18.1 Å². The van der Waals surface area contributed by atoms with Crippen LogP contribution in [0.3, 0.4) is 0 Å². The number of morpholine rings is 1. The third-order valence-electron chi connectivity index (χ3n) is 3.09. The van der Waals surface area contributed by atoms with Crippen molar-refractivity contribution in [3.63, 3.8) is 0 Å². The van der Waals surface area contributed by atoms with Crippen molar-refractivity contribution < 1.29 is 17.9 Å². The number of nitrogens with zero attached hydrogens (tertiary/aromatic N) is 1. The Bertz CT molecular complexity index is 609. The lowest BCUT2D eigenvalue weighted by atomic mass is 10.2. The van der Waals surface area contributed by atoms with Crippen LogP contribution in [0.15, 0.2) is 23.1 Å². The van der Waals surface area contributed by atoms with E-state index in [9.17, 15) is 13.2 Å². The molecule has 1 aliphatic heterocycles. The van der Waals surface area contributed by atoms with E-state index < -0.39 is 22.0 Å². The van der Waals surface area contributed by atoms with Gasteiger partial charge < -0.3 is 16.2 Å². The van der Waals surface area contributed by atoms with Crippen molar-refractivity contribution >= 4 is 21.6 Å². The summed E-state index contributed by atoms with van der Waals surface area (Å²) in [6.07, 6.45) is 0. The van der Waals surface area contributed by atoms with E-state index in [2.05, 4.69) is 0 Å². The number of amides is 1. The third kappa shape index (κ3) is 2.77. The van der Waals surface area contributed by atoms with Crippen molar-refractivity contribution in [1.29, 1.82) is 0 Å². The number of carbonyl (C=O) groups is 1. The molecule has 2 rings (SSSR count). The highest BCUT2D eigenvalue weighted by Gasteiger charge is 2.37. The van der Waals surface area contributed by atoms with Crippen molar-refractivity contribution in [3.05, 3.63) is 23.8 Å². The van der Waals surface area contributed by atoms with Crippen molar-refractivity contribution in [2.75, 3.05) is 25.5 Å². The molecule has 1 atom stereocenters. The summed E-state index contributed by atoms with van der Waals surface area (Å²) in [7, 11) is -3.83. The van der Waals surface area contributed by atoms with Crippen LogP contribution in [0.2, 0.25) is 0 Å². The molecular weight excluding hydrogens is 282 g/mol. The molecular formula is C12H17N3O4S. The Morgan fingerprint density at radius 1 is 1.40 bits per heavy atom. The maximum absolute atomic E-state index is 12.6. The quantitative estimate of drug-likeness (QED) is 0.727. The minimum absolute atomic E-state index is 0.0319. The number of ether oxygens (including phenoxy) is 1. The molecule has 8 heteroatoms. The maximum Gasteiger partial charge on any atom is 0.244 e. The summed E-state index contributed by atoms with van der Waals surface area (Å²) >= 11 is 0. The maximum atomic E-state index is 12.6. The van der Waals surface area contributed by atoms with Gasteiger partial charge in [-0.15, -0.1) is 0 Å². The molecule has 7 nitrogen and oxygen atoms in total.